The molecule has 1 atom stereocenters. The van der Waals surface area contributed by atoms with Gasteiger partial charge in [0.1, 0.15) is 5.75 Å². The Morgan fingerprint density at radius 2 is 1.79 bits per heavy atom. The van der Waals surface area contributed by atoms with Crippen molar-refractivity contribution in [3.8, 4) is 5.75 Å². The molecule has 0 bridgehead atoms. The number of imide groups is 1. The third-order valence-corrected chi connectivity index (χ3v) is 8.01. The van der Waals surface area contributed by atoms with Crippen molar-refractivity contribution in [3.05, 3.63) is 52.0 Å². The van der Waals surface area contributed by atoms with E-state index in [0.29, 0.717) is 47.4 Å². The molecule has 9 heteroatoms. The van der Waals surface area contributed by atoms with Crippen molar-refractivity contribution in [2.24, 2.45) is 11.7 Å². The zero-order valence-electron chi connectivity index (χ0n) is 22.3. The standard InChI is InChI=1S/C29H38Cl2N4O3/c1-20(2)18-24(32)29(37)35-26-19-22(10-8-21(26)9-11-27(35)36)38-17-4-3-12-33-13-15-34(16-14-33)25-7-5-6-23(30)28(25)31/h5-8,10,19-20,24H,3-4,9,11-18,32H2,1-2H3. The number of nitrogens with two attached hydrogens (primary N) is 1. The fraction of sp³-hybridized carbons (Fsp3) is 0.517. The van der Waals surface area contributed by atoms with E-state index in [1.165, 1.54) is 4.90 Å². The van der Waals surface area contributed by atoms with Gasteiger partial charge in [0.15, 0.2) is 0 Å². The lowest BCUT2D eigenvalue weighted by molar-refractivity contribution is -0.127. The molecule has 2 N–H and O–H groups in total. The molecule has 4 rings (SSSR count). The van der Waals surface area contributed by atoms with Gasteiger partial charge in [0, 0.05) is 38.7 Å². The molecule has 2 aromatic carbocycles. The number of benzene rings is 2. The van der Waals surface area contributed by atoms with E-state index in [4.69, 9.17) is 33.7 Å². The van der Waals surface area contributed by atoms with Gasteiger partial charge >= 0.3 is 0 Å². The molecular formula is C29H38Cl2N4O3. The molecule has 0 aromatic heterocycles. The lowest BCUT2D eigenvalue weighted by Gasteiger charge is -2.36. The number of nitrogens with zero attached hydrogens (tertiary/aromatic N) is 3. The molecule has 206 valence electrons. The van der Waals surface area contributed by atoms with Crippen LogP contribution in [-0.4, -0.2) is 62.1 Å². The van der Waals surface area contributed by atoms with E-state index in [0.717, 1.165) is 56.8 Å². The molecule has 2 aromatic rings. The third kappa shape index (κ3) is 7.00. The minimum atomic E-state index is -0.696. The first-order valence-electron chi connectivity index (χ1n) is 13.5. The summed E-state index contributed by atoms with van der Waals surface area (Å²) in [5, 5.41) is 1.21. The molecule has 2 aliphatic rings. The van der Waals surface area contributed by atoms with E-state index in [1.54, 1.807) is 0 Å². The van der Waals surface area contributed by atoms with Crippen LogP contribution in [0.25, 0.3) is 0 Å². The average molecular weight is 562 g/mol. The van der Waals surface area contributed by atoms with Gasteiger partial charge in [0.25, 0.3) is 5.91 Å². The van der Waals surface area contributed by atoms with Gasteiger partial charge in [-0.1, -0.05) is 49.2 Å². The fourth-order valence-electron chi connectivity index (χ4n) is 5.13. The second kappa shape index (κ2) is 13.2. The van der Waals surface area contributed by atoms with E-state index >= 15 is 0 Å². The molecule has 1 saturated heterocycles. The molecular weight excluding hydrogens is 523 g/mol. The van der Waals surface area contributed by atoms with Crippen molar-refractivity contribution in [2.75, 3.05) is 49.1 Å². The lowest BCUT2D eigenvalue weighted by atomic mass is 9.98. The Morgan fingerprint density at radius 3 is 2.53 bits per heavy atom. The van der Waals surface area contributed by atoms with E-state index in [1.807, 2.05) is 50.2 Å². The first-order valence-corrected chi connectivity index (χ1v) is 14.3. The second-order valence-electron chi connectivity index (χ2n) is 10.6. The Bertz CT molecular complexity index is 1130. The monoisotopic (exact) mass is 560 g/mol. The van der Waals surface area contributed by atoms with Crippen molar-refractivity contribution in [3.63, 3.8) is 0 Å². The molecule has 0 saturated carbocycles. The summed E-state index contributed by atoms with van der Waals surface area (Å²) >= 11 is 12.6. The highest BCUT2D eigenvalue weighted by atomic mass is 35.5. The number of ether oxygens (including phenoxy) is 1. The predicted molar refractivity (Wildman–Crippen MR) is 155 cm³/mol. The van der Waals surface area contributed by atoms with Gasteiger partial charge in [-0.05, 0) is 61.9 Å². The Labute approximate surface area is 235 Å². The van der Waals surface area contributed by atoms with Crippen LogP contribution in [0.4, 0.5) is 11.4 Å². The molecule has 0 spiro atoms. The summed E-state index contributed by atoms with van der Waals surface area (Å²) in [5.74, 6) is 0.408. The van der Waals surface area contributed by atoms with E-state index < -0.39 is 6.04 Å². The van der Waals surface area contributed by atoms with Crippen LogP contribution < -0.4 is 20.3 Å². The van der Waals surface area contributed by atoms with Crippen molar-refractivity contribution < 1.29 is 14.3 Å². The molecule has 38 heavy (non-hydrogen) atoms. The predicted octanol–water partition coefficient (Wildman–Crippen LogP) is 5.15. The minimum Gasteiger partial charge on any atom is -0.494 e. The SMILES string of the molecule is CC(C)CC(N)C(=O)N1C(=O)CCc2ccc(OCCCCN3CCN(c4cccc(Cl)c4Cl)CC3)cc21. The summed E-state index contributed by atoms with van der Waals surface area (Å²) in [6, 6.07) is 10.8. The fourth-order valence-corrected chi connectivity index (χ4v) is 5.55. The smallest absolute Gasteiger partial charge is 0.250 e. The van der Waals surface area contributed by atoms with Crippen LogP contribution in [0.2, 0.25) is 10.0 Å². The lowest BCUT2D eigenvalue weighted by Crippen LogP contribution is -2.49. The number of anilines is 2. The number of hydrogen-bond acceptors (Lipinski definition) is 6. The Balaban J connectivity index is 1.24. The van der Waals surface area contributed by atoms with Crippen LogP contribution in [0.15, 0.2) is 36.4 Å². The van der Waals surface area contributed by atoms with Crippen LogP contribution in [0.3, 0.4) is 0 Å². The van der Waals surface area contributed by atoms with Crippen molar-refractivity contribution in [1.29, 1.82) is 0 Å². The van der Waals surface area contributed by atoms with Gasteiger partial charge in [-0.2, -0.15) is 0 Å². The molecule has 2 aliphatic heterocycles. The maximum Gasteiger partial charge on any atom is 0.250 e. The maximum atomic E-state index is 13.0. The van der Waals surface area contributed by atoms with Gasteiger partial charge in [-0.15, -0.1) is 0 Å². The van der Waals surface area contributed by atoms with E-state index in [-0.39, 0.29) is 17.7 Å². The van der Waals surface area contributed by atoms with Crippen molar-refractivity contribution in [2.45, 2.75) is 52.0 Å². The first kappa shape index (κ1) is 28.7. The number of aryl methyl sites for hydroxylation is 1. The number of carbonyl (C=O) groups is 2. The second-order valence-corrected chi connectivity index (χ2v) is 11.3. The number of rotatable bonds is 10. The molecule has 0 radical (unpaired) electrons. The largest absolute Gasteiger partial charge is 0.494 e. The number of fused-ring (bicyclic) bond motifs is 1. The summed E-state index contributed by atoms with van der Waals surface area (Å²) in [6.07, 6.45) is 3.41. The van der Waals surface area contributed by atoms with Gasteiger partial charge in [0.05, 0.1) is 34.1 Å². The van der Waals surface area contributed by atoms with Gasteiger partial charge in [-0.3, -0.25) is 14.5 Å². The van der Waals surface area contributed by atoms with Crippen LogP contribution in [0, 0.1) is 5.92 Å². The zero-order chi connectivity index (χ0) is 27.2. The molecule has 1 fully saturated rings. The van der Waals surface area contributed by atoms with Crippen LogP contribution >= 0.6 is 23.2 Å². The van der Waals surface area contributed by atoms with Crippen LogP contribution in [0.1, 0.15) is 45.1 Å². The normalized spacial score (nSPS) is 17.1. The van der Waals surface area contributed by atoms with Gasteiger partial charge in [0.2, 0.25) is 5.91 Å². The summed E-state index contributed by atoms with van der Waals surface area (Å²) in [7, 11) is 0. The highest BCUT2D eigenvalue weighted by Gasteiger charge is 2.33. The van der Waals surface area contributed by atoms with Gasteiger partial charge in [-0.25, -0.2) is 4.90 Å². The number of amides is 2. The number of carbonyl (C=O) groups excluding carboxylic acids is 2. The van der Waals surface area contributed by atoms with E-state index in [2.05, 4.69) is 9.80 Å². The van der Waals surface area contributed by atoms with E-state index in [9.17, 15) is 9.59 Å². The number of piperazine rings is 1. The Morgan fingerprint density at radius 1 is 1.03 bits per heavy atom. The molecule has 0 aliphatic carbocycles. The summed E-state index contributed by atoms with van der Waals surface area (Å²) < 4.78 is 6.01. The topological polar surface area (TPSA) is 79.1 Å². The third-order valence-electron chi connectivity index (χ3n) is 7.20. The van der Waals surface area contributed by atoms with Crippen LogP contribution in [0.5, 0.6) is 5.75 Å². The van der Waals surface area contributed by atoms with Crippen molar-refractivity contribution in [1.82, 2.24) is 4.90 Å². The summed E-state index contributed by atoms with van der Waals surface area (Å²) in [4.78, 5) is 31.7. The Hall–Kier alpha value is -2.32. The summed E-state index contributed by atoms with van der Waals surface area (Å²) in [5.41, 5.74) is 8.72. The van der Waals surface area contributed by atoms with Gasteiger partial charge < -0.3 is 15.4 Å². The maximum absolute atomic E-state index is 13.0. The Kier molecular flexibility index (Phi) is 9.93. The molecule has 2 amide bonds. The molecule has 7 nitrogen and oxygen atoms in total. The minimum absolute atomic E-state index is 0.198. The molecule has 2 heterocycles. The quantitative estimate of drug-likeness (QED) is 0.404. The number of unbranched alkanes of at least 4 members (excludes halogenated alkanes) is 1. The molecule has 1 unspecified atom stereocenters. The van der Waals surface area contributed by atoms with Crippen LogP contribution in [-0.2, 0) is 16.0 Å². The number of halogens is 2. The first-order chi connectivity index (χ1) is 18.2. The number of hydrogen-bond donors (Lipinski definition) is 1. The zero-order valence-corrected chi connectivity index (χ0v) is 23.8. The summed E-state index contributed by atoms with van der Waals surface area (Å²) in [6.45, 7) is 9.41. The van der Waals surface area contributed by atoms with Crippen molar-refractivity contribution >= 4 is 46.4 Å². The highest BCUT2D eigenvalue weighted by molar-refractivity contribution is 6.43. The average Bonchev–Trinajstić information content (AvgIpc) is 2.89. The highest BCUT2D eigenvalue weighted by Crippen LogP contribution is 2.34.